The number of aliphatic hydroxyl groups excluding tert-OH is 2. The van der Waals surface area contributed by atoms with Crippen LogP contribution in [0.3, 0.4) is 0 Å². The molecule has 1 fully saturated rings. The van der Waals surface area contributed by atoms with Crippen molar-refractivity contribution < 1.29 is 29.6 Å². The van der Waals surface area contributed by atoms with E-state index in [1.54, 1.807) is 12.1 Å². The lowest BCUT2D eigenvalue weighted by atomic mass is 9.65. The number of carboxylic acids is 1. The number of benzene rings is 2. The standard InChI is InChI=1S/C33H43ClN2O6/c1-31(2)27(25-9-5-4-6-10-25)11-7-15-33(31,42-18-8-16-36-17-14-26(38)21-36)23-41-29-13-12-24(19-28(29)34)20-35-32(3,22-37)30(39)40/h4-7,9-13,15,19,26,35,37-38H,8,14,16-18,20-23H2,1-3H3,(H,39,40)/t26-,32?,33?/m1/s1. The van der Waals surface area contributed by atoms with Crippen LogP contribution < -0.4 is 10.1 Å². The summed E-state index contributed by atoms with van der Waals surface area (Å²) in [4.78, 5) is 13.8. The first-order valence-corrected chi connectivity index (χ1v) is 14.9. The smallest absolute Gasteiger partial charge is 0.326 e. The lowest BCUT2D eigenvalue weighted by Crippen LogP contribution is -2.52. The van der Waals surface area contributed by atoms with E-state index in [1.807, 2.05) is 30.3 Å². The highest BCUT2D eigenvalue weighted by molar-refractivity contribution is 6.32. The lowest BCUT2D eigenvalue weighted by Gasteiger charge is -2.47. The molecule has 3 atom stereocenters. The Bertz CT molecular complexity index is 1280. The lowest BCUT2D eigenvalue weighted by molar-refractivity contribution is -0.145. The van der Waals surface area contributed by atoms with Crippen LogP contribution in [0.1, 0.15) is 44.7 Å². The molecule has 9 heteroatoms. The van der Waals surface area contributed by atoms with Crippen LogP contribution in [-0.4, -0.2) is 82.9 Å². The van der Waals surface area contributed by atoms with Gasteiger partial charge in [0.05, 0.1) is 17.7 Å². The fraction of sp³-hybridized carbons (Fsp3) is 0.485. The maximum Gasteiger partial charge on any atom is 0.326 e. The van der Waals surface area contributed by atoms with Gasteiger partial charge in [-0.1, -0.05) is 74.0 Å². The highest BCUT2D eigenvalue weighted by Crippen LogP contribution is 2.49. The van der Waals surface area contributed by atoms with Crippen molar-refractivity contribution in [3.8, 4) is 5.75 Å². The normalized spacial score (nSPS) is 23.4. The number of ether oxygens (including phenoxy) is 2. The molecule has 0 amide bonds. The minimum absolute atomic E-state index is 0.214. The van der Waals surface area contributed by atoms with Gasteiger partial charge in [0.2, 0.25) is 0 Å². The van der Waals surface area contributed by atoms with Gasteiger partial charge < -0.3 is 29.7 Å². The van der Waals surface area contributed by atoms with E-state index >= 15 is 0 Å². The molecule has 2 unspecified atom stereocenters. The van der Waals surface area contributed by atoms with Gasteiger partial charge in [0.15, 0.2) is 0 Å². The Kier molecular flexibility index (Phi) is 10.5. The Labute approximate surface area is 253 Å². The van der Waals surface area contributed by atoms with Gasteiger partial charge in [0.1, 0.15) is 23.5 Å². The SMILES string of the molecule is CC(CO)(NCc1ccc(OCC2(OCCCN3CC[C@@H](O)C3)C=CC=C(c3ccccc3)C2(C)C)c(Cl)c1)C(=O)O. The summed E-state index contributed by atoms with van der Waals surface area (Å²) in [5.74, 6) is -0.635. The molecule has 1 aliphatic heterocycles. The first-order valence-electron chi connectivity index (χ1n) is 14.5. The van der Waals surface area contributed by atoms with Gasteiger partial charge in [0.25, 0.3) is 0 Å². The zero-order valence-electron chi connectivity index (χ0n) is 24.7. The van der Waals surface area contributed by atoms with Gasteiger partial charge in [-0.05, 0) is 54.7 Å². The number of nitrogens with zero attached hydrogens (tertiary/aromatic N) is 1. The molecule has 4 N–H and O–H groups in total. The van der Waals surface area contributed by atoms with Crippen LogP contribution in [0.2, 0.25) is 5.02 Å². The summed E-state index contributed by atoms with van der Waals surface area (Å²) in [5.41, 5.74) is 0.341. The van der Waals surface area contributed by atoms with Gasteiger partial charge in [-0.15, -0.1) is 0 Å². The van der Waals surface area contributed by atoms with E-state index in [4.69, 9.17) is 21.1 Å². The predicted molar refractivity (Wildman–Crippen MR) is 165 cm³/mol. The van der Waals surface area contributed by atoms with Crippen LogP contribution in [0.5, 0.6) is 5.75 Å². The third-order valence-electron chi connectivity index (χ3n) is 8.58. The molecule has 1 aliphatic carbocycles. The molecule has 0 bridgehead atoms. The van der Waals surface area contributed by atoms with Crippen LogP contribution in [-0.2, 0) is 16.1 Å². The number of likely N-dealkylation sites (tertiary alicyclic amines) is 1. The van der Waals surface area contributed by atoms with E-state index in [2.05, 4.69) is 48.3 Å². The second-order valence-corrected chi connectivity index (χ2v) is 12.4. The third-order valence-corrected chi connectivity index (χ3v) is 8.87. The second-order valence-electron chi connectivity index (χ2n) is 12.0. The first-order chi connectivity index (χ1) is 20.0. The zero-order valence-corrected chi connectivity index (χ0v) is 25.4. The van der Waals surface area contributed by atoms with E-state index in [9.17, 15) is 20.1 Å². The number of carboxylic acid groups (broad SMARTS) is 1. The summed E-state index contributed by atoms with van der Waals surface area (Å²) in [6, 6.07) is 15.6. The largest absolute Gasteiger partial charge is 0.489 e. The maximum absolute atomic E-state index is 11.5. The Hall–Kier alpha value is -2.72. The minimum atomic E-state index is -1.46. The van der Waals surface area contributed by atoms with Gasteiger partial charge in [-0.25, -0.2) is 0 Å². The summed E-state index contributed by atoms with van der Waals surface area (Å²) in [6.45, 7) is 8.67. The van der Waals surface area contributed by atoms with Gasteiger partial charge in [-0.2, -0.15) is 0 Å². The molecule has 0 spiro atoms. The van der Waals surface area contributed by atoms with Crippen molar-refractivity contribution in [2.45, 2.75) is 57.4 Å². The summed E-state index contributed by atoms with van der Waals surface area (Å²) < 4.78 is 13.1. The van der Waals surface area contributed by atoms with Crippen LogP contribution in [0.4, 0.5) is 0 Å². The highest BCUT2D eigenvalue weighted by Gasteiger charge is 2.49. The molecule has 0 aromatic heterocycles. The van der Waals surface area contributed by atoms with Crippen molar-refractivity contribution in [2.24, 2.45) is 5.41 Å². The Balaban J connectivity index is 1.50. The molecule has 2 aromatic carbocycles. The summed E-state index contributed by atoms with van der Waals surface area (Å²) in [6.07, 6.45) is 7.64. The van der Waals surface area contributed by atoms with Crippen molar-refractivity contribution in [1.29, 1.82) is 0 Å². The molecule has 1 saturated heterocycles. The van der Waals surface area contributed by atoms with E-state index < -0.39 is 29.1 Å². The molecule has 4 rings (SSSR count). The fourth-order valence-electron chi connectivity index (χ4n) is 5.53. The van der Waals surface area contributed by atoms with E-state index in [0.717, 1.165) is 42.6 Å². The minimum Gasteiger partial charge on any atom is -0.489 e. The number of aliphatic carboxylic acids is 1. The molecule has 8 nitrogen and oxygen atoms in total. The van der Waals surface area contributed by atoms with Gasteiger partial charge in [0, 0.05) is 38.2 Å². The number of halogens is 1. The molecule has 0 radical (unpaired) electrons. The summed E-state index contributed by atoms with van der Waals surface area (Å²) in [7, 11) is 0. The van der Waals surface area contributed by atoms with Crippen molar-refractivity contribution in [1.82, 2.24) is 10.2 Å². The number of hydrogen-bond donors (Lipinski definition) is 4. The molecule has 1 heterocycles. The number of rotatable bonds is 14. The maximum atomic E-state index is 11.5. The third kappa shape index (κ3) is 7.25. The summed E-state index contributed by atoms with van der Waals surface area (Å²) in [5, 5.41) is 32.1. The van der Waals surface area contributed by atoms with Crippen LogP contribution in [0.25, 0.3) is 5.57 Å². The second kappa shape index (κ2) is 13.7. The molecule has 228 valence electrons. The number of aliphatic hydroxyl groups is 2. The van der Waals surface area contributed by atoms with E-state index in [-0.39, 0.29) is 19.3 Å². The number of β-amino-alcohol motifs (C(OH)–C–C–N with tert-alkyl or cyclic N) is 1. The molecule has 2 aliphatic rings. The zero-order chi connectivity index (χ0) is 30.4. The van der Waals surface area contributed by atoms with Crippen LogP contribution >= 0.6 is 11.6 Å². The quantitative estimate of drug-likeness (QED) is 0.235. The first kappa shape index (κ1) is 32.2. The Morgan fingerprint density at radius 2 is 1.98 bits per heavy atom. The number of hydrogen-bond acceptors (Lipinski definition) is 7. The molecule has 0 saturated carbocycles. The molecule has 42 heavy (non-hydrogen) atoms. The van der Waals surface area contributed by atoms with Crippen LogP contribution in [0, 0.1) is 5.41 Å². The summed E-state index contributed by atoms with van der Waals surface area (Å²) >= 11 is 6.63. The van der Waals surface area contributed by atoms with Crippen molar-refractivity contribution in [3.63, 3.8) is 0 Å². The van der Waals surface area contributed by atoms with E-state index in [1.165, 1.54) is 6.92 Å². The average molecular weight is 599 g/mol. The Morgan fingerprint density at radius 3 is 2.62 bits per heavy atom. The van der Waals surface area contributed by atoms with Crippen molar-refractivity contribution >= 4 is 23.1 Å². The van der Waals surface area contributed by atoms with Crippen molar-refractivity contribution in [2.75, 3.05) is 39.5 Å². The monoisotopic (exact) mass is 598 g/mol. The molecular weight excluding hydrogens is 556 g/mol. The van der Waals surface area contributed by atoms with E-state index in [0.29, 0.717) is 23.9 Å². The number of nitrogens with one attached hydrogen (secondary N) is 1. The van der Waals surface area contributed by atoms with Gasteiger partial charge in [-0.3, -0.25) is 10.1 Å². The number of carbonyl (C=O) groups is 1. The van der Waals surface area contributed by atoms with Gasteiger partial charge >= 0.3 is 5.97 Å². The predicted octanol–water partition coefficient (Wildman–Crippen LogP) is 4.54. The fourth-order valence-corrected chi connectivity index (χ4v) is 5.79. The topological polar surface area (TPSA) is 111 Å². The average Bonchev–Trinajstić information content (AvgIpc) is 3.39. The molecular formula is C33H43ClN2O6. The Morgan fingerprint density at radius 1 is 1.21 bits per heavy atom. The highest BCUT2D eigenvalue weighted by atomic mass is 35.5. The van der Waals surface area contributed by atoms with Crippen LogP contribution in [0.15, 0.2) is 66.8 Å². The number of allylic oxidation sites excluding steroid dienone is 2. The molecule has 2 aromatic rings. The van der Waals surface area contributed by atoms with Crippen molar-refractivity contribution in [3.05, 3.63) is 82.9 Å².